The van der Waals surface area contributed by atoms with E-state index in [1.165, 1.54) is 18.3 Å². The molecule has 0 fully saturated rings. The normalized spacial score (nSPS) is 11.1. The summed E-state index contributed by atoms with van der Waals surface area (Å²) in [5.74, 6) is -0.270. The van der Waals surface area contributed by atoms with Gasteiger partial charge in [0, 0.05) is 29.4 Å². The van der Waals surface area contributed by atoms with Gasteiger partial charge in [-0.2, -0.15) is 5.10 Å². The van der Waals surface area contributed by atoms with Gasteiger partial charge in [-0.25, -0.2) is 5.43 Å². The van der Waals surface area contributed by atoms with Crippen molar-refractivity contribution in [2.45, 2.75) is 0 Å². The van der Waals surface area contributed by atoms with E-state index in [1.807, 2.05) is 42.5 Å². The fourth-order valence-electron chi connectivity index (χ4n) is 2.61. The molecule has 0 aliphatic rings. The van der Waals surface area contributed by atoms with Gasteiger partial charge in [0.1, 0.15) is 0 Å². The maximum atomic E-state index is 11.9. The number of hydrogen-bond donors (Lipinski definition) is 2. The summed E-state index contributed by atoms with van der Waals surface area (Å²) in [6, 6.07) is 19.9. The van der Waals surface area contributed by atoms with Gasteiger partial charge in [-0.15, -0.1) is 0 Å². The van der Waals surface area contributed by atoms with Crippen LogP contribution in [0.5, 0.6) is 0 Å². The maximum absolute atomic E-state index is 11.9. The molecule has 7 nitrogen and oxygen atoms in total. The topological polar surface area (TPSA) is 96.6 Å². The molecule has 0 spiro atoms. The van der Waals surface area contributed by atoms with Crippen LogP contribution in [0.4, 0.5) is 11.4 Å². The van der Waals surface area contributed by atoms with Crippen LogP contribution in [0.2, 0.25) is 0 Å². The summed E-state index contributed by atoms with van der Waals surface area (Å²) in [5, 5.41) is 19.7. The first kappa shape index (κ1) is 18.8. The van der Waals surface area contributed by atoms with Gasteiger partial charge >= 0.3 is 0 Å². The van der Waals surface area contributed by atoms with Gasteiger partial charge in [-0.05, 0) is 35.2 Å². The highest BCUT2D eigenvalue weighted by Gasteiger charge is 2.03. The molecule has 3 rings (SSSR count). The second kappa shape index (κ2) is 9.09. The Labute approximate surface area is 161 Å². The lowest BCUT2D eigenvalue weighted by Crippen LogP contribution is -2.25. The molecule has 0 aliphatic heterocycles. The number of anilines is 1. The number of non-ortho nitro benzene ring substituents is 1. The monoisotopic (exact) mass is 374 g/mol. The zero-order valence-corrected chi connectivity index (χ0v) is 14.9. The van der Waals surface area contributed by atoms with Gasteiger partial charge in [0.15, 0.2) is 0 Å². The molecule has 2 N–H and O–H groups in total. The number of fused-ring (bicyclic) bond motifs is 1. The molecule has 3 aromatic carbocycles. The molecule has 140 valence electrons. The molecule has 0 heterocycles. The molecular formula is C21H18N4O3. The SMILES string of the molecule is O=C(CNc1cccc2ccccc12)N/N=C\C=C\c1ccc([N+](=O)[O-])cc1. The van der Waals surface area contributed by atoms with Crippen molar-refractivity contribution in [2.75, 3.05) is 11.9 Å². The first-order valence-electron chi connectivity index (χ1n) is 8.58. The Bertz CT molecular complexity index is 1040. The maximum Gasteiger partial charge on any atom is 0.269 e. The number of allylic oxidation sites excluding steroid dienone is 1. The summed E-state index contributed by atoms with van der Waals surface area (Å²) in [6.07, 6.45) is 4.81. The first-order valence-corrected chi connectivity index (χ1v) is 8.58. The minimum atomic E-state index is -0.448. The second-order valence-corrected chi connectivity index (χ2v) is 5.90. The smallest absolute Gasteiger partial charge is 0.269 e. The number of nitrogens with one attached hydrogen (secondary N) is 2. The Morgan fingerprint density at radius 2 is 1.79 bits per heavy atom. The third kappa shape index (κ3) is 5.01. The van der Waals surface area contributed by atoms with E-state index in [9.17, 15) is 14.9 Å². The summed E-state index contributed by atoms with van der Waals surface area (Å²) in [7, 11) is 0. The molecule has 0 atom stereocenters. The fourth-order valence-corrected chi connectivity index (χ4v) is 2.61. The molecule has 7 heteroatoms. The van der Waals surface area contributed by atoms with E-state index in [4.69, 9.17) is 0 Å². The van der Waals surface area contributed by atoms with Gasteiger partial charge < -0.3 is 5.32 Å². The molecule has 0 saturated heterocycles. The van der Waals surface area contributed by atoms with Gasteiger partial charge in [-0.1, -0.05) is 42.5 Å². The third-order valence-corrected chi connectivity index (χ3v) is 3.97. The number of nitrogens with zero attached hydrogens (tertiary/aromatic N) is 2. The highest BCUT2D eigenvalue weighted by atomic mass is 16.6. The molecule has 3 aromatic rings. The largest absolute Gasteiger partial charge is 0.376 e. The number of benzene rings is 3. The van der Waals surface area contributed by atoms with E-state index < -0.39 is 4.92 Å². The lowest BCUT2D eigenvalue weighted by Gasteiger charge is -2.08. The number of amides is 1. The van der Waals surface area contributed by atoms with E-state index in [1.54, 1.807) is 24.3 Å². The van der Waals surface area contributed by atoms with Gasteiger partial charge in [0.05, 0.1) is 11.5 Å². The van der Waals surface area contributed by atoms with Crippen LogP contribution < -0.4 is 10.7 Å². The minimum Gasteiger partial charge on any atom is -0.376 e. The quantitative estimate of drug-likeness (QED) is 0.371. The van der Waals surface area contributed by atoms with Gasteiger partial charge in [0.25, 0.3) is 11.6 Å². The average Bonchev–Trinajstić information content (AvgIpc) is 2.72. The number of nitro groups is 1. The van der Waals surface area contributed by atoms with Crippen LogP contribution in [0.1, 0.15) is 5.56 Å². The number of hydrogen-bond acceptors (Lipinski definition) is 5. The van der Waals surface area contributed by atoms with Gasteiger partial charge in [0.2, 0.25) is 0 Å². The highest BCUT2D eigenvalue weighted by molar-refractivity contribution is 5.95. The van der Waals surface area contributed by atoms with Crippen LogP contribution in [-0.2, 0) is 4.79 Å². The van der Waals surface area contributed by atoms with Gasteiger partial charge in [-0.3, -0.25) is 14.9 Å². The number of carbonyl (C=O) groups excluding carboxylic acids is 1. The fraction of sp³-hybridized carbons (Fsp3) is 0.0476. The van der Waals surface area contributed by atoms with E-state index in [0.29, 0.717) is 0 Å². The zero-order valence-electron chi connectivity index (χ0n) is 14.9. The summed E-state index contributed by atoms with van der Waals surface area (Å²) in [6.45, 7) is 0.0947. The number of hydrazone groups is 1. The molecule has 0 bridgehead atoms. The Balaban J connectivity index is 1.48. The van der Waals surface area contributed by atoms with Crippen molar-refractivity contribution in [3.05, 3.63) is 88.5 Å². The number of rotatable bonds is 7. The predicted molar refractivity (Wildman–Crippen MR) is 111 cm³/mol. The summed E-state index contributed by atoms with van der Waals surface area (Å²) >= 11 is 0. The van der Waals surface area contributed by atoms with Crippen LogP contribution in [0.15, 0.2) is 77.9 Å². The van der Waals surface area contributed by atoms with Crippen molar-refractivity contribution in [3.63, 3.8) is 0 Å². The molecule has 0 saturated carbocycles. The van der Waals surface area contributed by atoms with Crippen molar-refractivity contribution in [2.24, 2.45) is 5.10 Å². The lowest BCUT2D eigenvalue weighted by molar-refractivity contribution is -0.384. The predicted octanol–water partition coefficient (Wildman–Crippen LogP) is 3.98. The van der Waals surface area contributed by atoms with E-state index in [0.717, 1.165) is 22.0 Å². The van der Waals surface area contributed by atoms with Crippen molar-refractivity contribution < 1.29 is 9.72 Å². The highest BCUT2D eigenvalue weighted by Crippen LogP contribution is 2.22. The van der Waals surface area contributed by atoms with Crippen LogP contribution in [0.3, 0.4) is 0 Å². The average molecular weight is 374 g/mol. The summed E-state index contributed by atoms with van der Waals surface area (Å²) in [5.41, 5.74) is 4.15. The van der Waals surface area contributed by atoms with E-state index >= 15 is 0 Å². The molecule has 0 aliphatic carbocycles. The molecule has 0 unspecified atom stereocenters. The zero-order chi connectivity index (χ0) is 19.8. The lowest BCUT2D eigenvalue weighted by atomic mass is 10.1. The molecule has 28 heavy (non-hydrogen) atoms. The van der Waals surface area contributed by atoms with Crippen LogP contribution in [0, 0.1) is 10.1 Å². The van der Waals surface area contributed by atoms with Crippen molar-refractivity contribution in [1.29, 1.82) is 0 Å². The minimum absolute atomic E-state index is 0.0387. The van der Waals surface area contributed by atoms with Crippen LogP contribution >= 0.6 is 0 Å². The first-order chi connectivity index (χ1) is 13.6. The second-order valence-electron chi connectivity index (χ2n) is 5.90. The summed E-state index contributed by atoms with van der Waals surface area (Å²) in [4.78, 5) is 22.1. The number of carbonyl (C=O) groups is 1. The van der Waals surface area contributed by atoms with E-state index in [-0.39, 0.29) is 18.1 Å². The standard InChI is InChI=1S/C21H18N4O3/c26-21(15-22-20-9-3-7-17-6-1-2-8-19(17)20)24-23-14-4-5-16-10-12-18(13-11-16)25(27)28/h1-14,22H,15H2,(H,24,26)/b5-4+,23-14-. The summed E-state index contributed by atoms with van der Waals surface area (Å²) < 4.78 is 0. The molecular weight excluding hydrogens is 356 g/mol. The Morgan fingerprint density at radius 1 is 1.04 bits per heavy atom. The molecule has 0 radical (unpaired) electrons. The van der Waals surface area contributed by atoms with Crippen molar-refractivity contribution in [3.8, 4) is 0 Å². The van der Waals surface area contributed by atoms with Crippen molar-refractivity contribution in [1.82, 2.24) is 5.43 Å². The molecule has 1 amide bonds. The Hall–Kier alpha value is -4.00. The van der Waals surface area contributed by atoms with Crippen LogP contribution in [-0.4, -0.2) is 23.6 Å². The molecule has 0 aromatic heterocycles. The van der Waals surface area contributed by atoms with Crippen molar-refractivity contribution >= 4 is 40.3 Å². The number of nitro benzene ring substituents is 1. The Morgan fingerprint density at radius 3 is 2.57 bits per heavy atom. The van der Waals surface area contributed by atoms with E-state index in [2.05, 4.69) is 15.8 Å². The third-order valence-electron chi connectivity index (χ3n) is 3.97. The van der Waals surface area contributed by atoms with Crippen LogP contribution in [0.25, 0.3) is 16.8 Å². The Kier molecular flexibility index (Phi) is 6.10.